The van der Waals surface area contributed by atoms with Crippen LogP contribution in [0.4, 0.5) is 0 Å². The molecule has 70 valence electrons. The van der Waals surface area contributed by atoms with Gasteiger partial charge in [0.05, 0.1) is 0 Å². The highest BCUT2D eigenvalue weighted by atomic mass is 16.5. The Kier molecular flexibility index (Phi) is 2.32. The van der Waals surface area contributed by atoms with E-state index in [1.807, 2.05) is 30.3 Å². The lowest BCUT2D eigenvalue weighted by Crippen LogP contribution is -2.02. The monoisotopic (exact) mass is 187 g/mol. The second-order valence-corrected chi connectivity index (χ2v) is 2.80. The minimum Gasteiger partial charge on any atom is -0.457 e. The molecule has 0 radical (unpaired) electrons. The molecular weight excluding hydrogens is 178 g/mol. The number of pyridine rings is 1. The molecule has 1 N–H and O–H groups in total. The molecule has 3 heteroatoms. The molecule has 0 unspecified atom stereocenters. The van der Waals surface area contributed by atoms with E-state index in [0.717, 1.165) is 5.75 Å². The highest BCUT2D eigenvalue weighted by Gasteiger charge is 1.95. The zero-order valence-corrected chi connectivity index (χ0v) is 7.44. The predicted octanol–water partition coefficient (Wildman–Crippen LogP) is 2.17. The standard InChI is InChI=1S/C11H9NO2/c13-11-8-10(6-7-12-11)14-9-4-2-1-3-5-9/h1-8H,(H,12,13). The van der Waals surface area contributed by atoms with Crippen molar-refractivity contribution in [3.05, 3.63) is 59.0 Å². The predicted molar refractivity (Wildman–Crippen MR) is 53.6 cm³/mol. The van der Waals surface area contributed by atoms with Gasteiger partial charge in [-0.1, -0.05) is 18.2 Å². The van der Waals surface area contributed by atoms with E-state index >= 15 is 0 Å². The van der Waals surface area contributed by atoms with Crippen LogP contribution in [0.25, 0.3) is 0 Å². The molecule has 1 aromatic heterocycles. The summed E-state index contributed by atoms with van der Waals surface area (Å²) in [7, 11) is 0. The normalized spacial score (nSPS) is 9.71. The second-order valence-electron chi connectivity index (χ2n) is 2.80. The first kappa shape index (κ1) is 8.56. The third-order valence-corrected chi connectivity index (χ3v) is 1.73. The van der Waals surface area contributed by atoms with Gasteiger partial charge in [-0.05, 0) is 18.2 Å². The first-order valence-electron chi connectivity index (χ1n) is 4.26. The average Bonchev–Trinajstić information content (AvgIpc) is 2.19. The molecule has 2 rings (SSSR count). The molecule has 1 heterocycles. The number of hydrogen-bond acceptors (Lipinski definition) is 2. The van der Waals surface area contributed by atoms with Crippen molar-refractivity contribution >= 4 is 0 Å². The summed E-state index contributed by atoms with van der Waals surface area (Å²) in [4.78, 5) is 13.5. The lowest BCUT2D eigenvalue weighted by Gasteiger charge is -2.03. The minimum atomic E-state index is -0.168. The van der Waals surface area contributed by atoms with E-state index in [2.05, 4.69) is 4.98 Å². The van der Waals surface area contributed by atoms with E-state index in [9.17, 15) is 4.79 Å². The average molecular weight is 187 g/mol. The molecule has 0 fully saturated rings. The number of benzene rings is 1. The molecule has 0 bridgehead atoms. The molecule has 0 aliphatic carbocycles. The first-order chi connectivity index (χ1) is 6.84. The summed E-state index contributed by atoms with van der Waals surface area (Å²) >= 11 is 0. The second kappa shape index (κ2) is 3.79. The van der Waals surface area contributed by atoms with Crippen molar-refractivity contribution in [1.82, 2.24) is 4.98 Å². The van der Waals surface area contributed by atoms with Crippen molar-refractivity contribution in [2.24, 2.45) is 0 Å². The summed E-state index contributed by atoms with van der Waals surface area (Å²) in [6, 6.07) is 12.4. The Bertz CT molecular complexity index is 462. The van der Waals surface area contributed by atoms with Gasteiger partial charge in [0.25, 0.3) is 5.56 Å². The van der Waals surface area contributed by atoms with E-state index in [1.54, 1.807) is 12.3 Å². The molecule has 3 nitrogen and oxygen atoms in total. The topological polar surface area (TPSA) is 42.1 Å². The van der Waals surface area contributed by atoms with Crippen LogP contribution in [0.2, 0.25) is 0 Å². The van der Waals surface area contributed by atoms with Crippen LogP contribution in [-0.4, -0.2) is 4.98 Å². The van der Waals surface area contributed by atoms with Gasteiger partial charge in [0.2, 0.25) is 0 Å². The Hall–Kier alpha value is -2.03. The van der Waals surface area contributed by atoms with E-state index < -0.39 is 0 Å². The number of rotatable bonds is 2. The van der Waals surface area contributed by atoms with Gasteiger partial charge in [-0.25, -0.2) is 0 Å². The maximum Gasteiger partial charge on any atom is 0.251 e. The quantitative estimate of drug-likeness (QED) is 0.782. The van der Waals surface area contributed by atoms with Gasteiger partial charge in [-0.3, -0.25) is 4.79 Å². The summed E-state index contributed by atoms with van der Waals surface area (Å²) in [6.07, 6.45) is 1.56. The maximum atomic E-state index is 10.9. The largest absolute Gasteiger partial charge is 0.457 e. The van der Waals surface area contributed by atoms with Gasteiger partial charge in [-0.2, -0.15) is 0 Å². The van der Waals surface area contributed by atoms with E-state index in [1.165, 1.54) is 6.07 Å². The molecule has 2 aromatic rings. The summed E-state index contributed by atoms with van der Waals surface area (Å²) in [5.74, 6) is 1.26. The lowest BCUT2D eigenvalue weighted by molar-refractivity contribution is 0.481. The van der Waals surface area contributed by atoms with Crippen LogP contribution in [0.15, 0.2) is 53.5 Å². The third-order valence-electron chi connectivity index (χ3n) is 1.73. The molecule has 0 aliphatic heterocycles. The molecule has 0 saturated heterocycles. The number of H-pyrrole nitrogens is 1. The fraction of sp³-hybridized carbons (Fsp3) is 0. The summed E-state index contributed by atoms with van der Waals surface area (Å²) in [5, 5.41) is 0. The smallest absolute Gasteiger partial charge is 0.251 e. The third kappa shape index (κ3) is 2.01. The fourth-order valence-electron chi connectivity index (χ4n) is 1.11. The van der Waals surface area contributed by atoms with Crippen LogP contribution in [0.1, 0.15) is 0 Å². The van der Waals surface area contributed by atoms with Crippen LogP contribution >= 0.6 is 0 Å². The van der Waals surface area contributed by atoms with Crippen molar-refractivity contribution < 1.29 is 4.74 Å². The lowest BCUT2D eigenvalue weighted by atomic mass is 10.3. The van der Waals surface area contributed by atoms with E-state index in [4.69, 9.17) is 4.74 Å². The van der Waals surface area contributed by atoms with Crippen molar-refractivity contribution in [1.29, 1.82) is 0 Å². The molecule has 0 aliphatic rings. The summed E-state index contributed by atoms with van der Waals surface area (Å²) in [6.45, 7) is 0. The Morgan fingerprint density at radius 3 is 2.50 bits per heavy atom. The number of para-hydroxylation sites is 1. The van der Waals surface area contributed by atoms with Crippen LogP contribution in [0, 0.1) is 0 Å². The van der Waals surface area contributed by atoms with Gasteiger partial charge >= 0.3 is 0 Å². The molecule has 0 saturated carbocycles. The zero-order valence-electron chi connectivity index (χ0n) is 7.44. The Morgan fingerprint density at radius 1 is 1.00 bits per heavy atom. The molecule has 0 spiro atoms. The highest BCUT2D eigenvalue weighted by Crippen LogP contribution is 2.17. The van der Waals surface area contributed by atoms with Crippen LogP contribution in [0.5, 0.6) is 11.5 Å². The Labute approximate surface area is 81.0 Å². The van der Waals surface area contributed by atoms with Crippen LogP contribution in [0.3, 0.4) is 0 Å². The van der Waals surface area contributed by atoms with E-state index in [-0.39, 0.29) is 5.56 Å². The molecule has 0 amide bonds. The Balaban J connectivity index is 2.24. The molecule has 14 heavy (non-hydrogen) atoms. The number of ether oxygens (including phenoxy) is 1. The number of aromatic amines is 1. The maximum absolute atomic E-state index is 10.9. The van der Waals surface area contributed by atoms with Crippen molar-refractivity contribution in [3.8, 4) is 11.5 Å². The summed E-state index contributed by atoms with van der Waals surface area (Å²) in [5.41, 5.74) is -0.168. The number of hydrogen-bond donors (Lipinski definition) is 1. The minimum absolute atomic E-state index is 0.168. The van der Waals surface area contributed by atoms with Gasteiger partial charge in [0.15, 0.2) is 0 Å². The number of aromatic nitrogens is 1. The molecule has 0 atom stereocenters. The van der Waals surface area contributed by atoms with Gasteiger partial charge in [0, 0.05) is 12.3 Å². The SMILES string of the molecule is O=c1cc(Oc2ccccc2)cc[nH]1. The fourth-order valence-corrected chi connectivity index (χ4v) is 1.11. The molecule has 1 aromatic carbocycles. The Morgan fingerprint density at radius 2 is 1.79 bits per heavy atom. The van der Waals surface area contributed by atoms with Gasteiger partial charge < -0.3 is 9.72 Å². The molecular formula is C11H9NO2. The van der Waals surface area contributed by atoms with Gasteiger partial charge in [-0.15, -0.1) is 0 Å². The van der Waals surface area contributed by atoms with Crippen LogP contribution < -0.4 is 10.3 Å². The van der Waals surface area contributed by atoms with Crippen molar-refractivity contribution in [2.45, 2.75) is 0 Å². The summed E-state index contributed by atoms with van der Waals surface area (Å²) < 4.78 is 5.44. The highest BCUT2D eigenvalue weighted by molar-refractivity contribution is 5.28. The zero-order chi connectivity index (χ0) is 9.80. The van der Waals surface area contributed by atoms with E-state index in [0.29, 0.717) is 5.75 Å². The van der Waals surface area contributed by atoms with Crippen molar-refractivity contribution in [2.75, 3.05) is 0 Å². The number of nitrogens with one attached hydrogen (secondary N) is 1. The van der Waals surface area contributed by atoms with Crippen molar-refractivity contribution in [3.63, 3.8) is 0 Å². The van der Waals surface area contributed by atoms with Crippen LogP contribution in [-0.2, 0) is 0 Å². The first-order valence-corrected chi connectivity index (χ1v) is 4.26. The van der Waals surface area contributed by atoms with Gasteiger partial charge in [0.1, 0.15) is 11.5 Å².